The molecule has 166 valence electrons. The van der Waals surface area contributed by atoms with Crippen LogP contribution >= 0.6 is 7.60 Å². The van der Waals surface area contributed by atoms with Gasteiger partial charge in [0.15, 0.2) is 17.3 Å². The molecule has 0 radical (unpaired) electrons. The van der Waals surface area contributed by atoms with Crippen molar-refractivity contribution in [3.8, 4) is 17.2 Å². The quantitative estimate of drug-likeness (QED) is 0.466. The fourth-order valence-corrected chi connectivity index (χ4v) is 5.02. The number of benzene rings is 1. The van der Waals surface area contributed by atoms with E-state index in [1.807, 2.05) is 30.3 Å². The van der Waals surface area contributed by atoms with Gasteiger partial charge in [0.05, 0.1) is 40.2 Å². The van der Waals surface area contributed by atoms with Gasteiger partial charge >= 0.3 is 7.60 Å². The minimum Gasteiger partial charge on any atom is -0.493 e. The summed E-state index contributed by atoms with van der Waals surface area (Å²) in [6.07, 6.45) is 2.28. The van der Waals surface area contributed by atoms with Crippen LogP contribution < -0.4 is 19.5 Å². The summed E-state index contributed by atoms with van der Waals surface area (Å²) in [6.45, 7) is 4.63. The summed E-state index contributed by atoms with van der Waals surface area (Å²) in [4.78, 5) is 4.36. The smallest absolute Gasteiger partial charge is 0.353 e. The van der Waals surface area contributed by atoms with Crippen molar-refractivity contribution in [2.75, 3.05) is 41.1 Å². The van der Waals surface area contributed by atoms with Gasteiger partial charge in [0.25, 0.3) is 0 Å². The molecule has 0 aliphatic carbocycles. The third-order valence-corrected chi connectivity index (χ3v) is 6.69. The van der Waals surface area contributed by atoms with Gasteiger partial charge in [0.1, 0.15) is 0 Å². The topological polar surface area (TPSA) is 88.1 Å². The molecule has 2 rings (SSSR count). The monoisotopic (exact) mass is 438 g/mol. The molecule has 0 saturated carbocycles. The number of nitrogens with zero attached hydrogens (tertiary/aromatic N) is 1. The van der Waals surface area contributed by atoms with Crippen LogP contribution in [0.25, 0.3) is 0 Å². The average molecular weight is 438 g/mol. The van der Waals surface area contributed by atoms with Crippen LogP contribution in [0.4, 0.5) is 0 Å². The number of ether oxygens (including phenoxy) is 3. The Bertz CT molecular complexity index is 798. The third kappa shape index (κ3) is 5.95. The van der Waals surface area contributed by atoms with Crippen molar-refractivity contribution in [2.45, 2.75) is 26.1 Å². The molecule has 1 atom stereocenters. The van der Waals surface area contributed by atoms with Gasteiger partial charge in [-0.15, -0.1) is 0 Å². The van der Waals surface area contributed by atoms with E-state index in [1.54, 1.807) is 41.4 Å². The average Bonchev–Trinajstić information content (AvgIpc) is 2.76. The Morgan fingerprint density at radius 2 is 1.63 bits per heavy atom. The highest BCUT2D eigenvalue weighted by molar-refractivity contribution is 7.54. The Morgan fingerprint density at radius 3 is 2.10 bits per heavy atom. The lowest BCUT2D eigenvalue weighted by molar-refractivity contribution is 0.207. The van der Waals surface area contributed by atoms with Gasteiger partial charge in [-0.25, -0.2) is 0 Å². The minimum atomic E-state index is -3.46. The summed E-state index contributed by atoms with van der Waals surface area (Å²) in [6, 6.07) is 9.25. The fraction of sp³-hybridized carbons (Fsp3) is 0.476. The Labute approximate surface area is 178 Å². The van der Waals surface area contributed by atoms with Crippen molar-refractivity contribution >= 4 is 7.60 Å². The Balaban J connectivity index is 2.23. The summed E-state index contributed by atoms with van der Waals surface area (Å²) in [5.74, 6) is 1.03. The van der Waals surface area contributed by atoms with Crippen molar-refractivity contribution in [1.82, 2.24) is 10.3 Å². The second kappa shape index (κ2) is 11.9. The van der Waals surface area contributed by atoms with Crippen molar-refractivity contribution in [3.63, 3.8) is 0 Å². The number of rotatable bonds is 13. The Hall–Kier alpha value is -2.12. The maximum absolute atomic E-state index is 13.4. The van der Waals surface area contributed by atoms with E-state index >= 15 is 0 Å². The predicted octanol–water partition coefficient (Wildman–Crippen LogP) is 4.20. The van der Waals surface area contributed by atoms with Crippen molar-refractivity contribution in [1.29, 1.82) is 0 Å². The normalized spacial score (nSPS) is 12.4. The zero-order chi connectivity index (χ0) is 22.0. The predicted molar refractivity (Wildman–Crippen MR) is 116 cm³/mol. The van der Waals surface area contributed by atoms with Crippen LogP contribution in [0.3, 0.4) is 0 Å². The number of hydrogen-bond donors (Lipinski definition) is 1. The van der Waals surface area contributed by atoms with Crippen LogP contribution in [-0.2, 0) is 20.0 Å². The zero-order valence-corrected chi connectivity index (χ0v) is 19.1. The van der Waals surface area contributed by atoms with Gasteiger partial charge in [-0.05, 0) is 50.1 Å². The molecule has 0 aliphatic heterocycles. The van der Waals surface area contributed by atoms with Gasteiger partial charge in [-0.2, -0.15) is 0 Å². The third-order valence-electron chi connectivity index (χ3n) is 4.38. The summed E-state index contributed by atoms with van der Waals surface area (Å²) in [7, 11) is 1.27. The van der Waals surface area contributed by atoms with Crippen LogP contribution in [-0.4, -0.2) is 46.1 Å². The Morgan fingerprint density at radius 1 is 1.00 bits per heavy atom. The molecular weight excluding hydrogens is 407 g/mol. The molecule has 0 bridgehead atoms. The molecule has 0 amide bonds. The largest absolute Gasteiger partial charge is 0.493 e. The molecule has 0 spiro atoms. The number of pyridine rings is 1. The molecule has 9 heteroatoms. The molecule has 1 unspecified atom stereocenters. The van der Waals surface area contributed by atoms with Gasteiger partial charge in [0.2, 0.25) is 5.75 Å². The van der Waals surface area contributed by atoms with E-state index in [0.717, 1.165) is 5.56 Å². The number of aromatic nitrogens is 1. The van der Waals surface area contributed by atoms with Crippen molar-refractivity contribution in [2.24, 2.45) is 0 Å². The lowest BCUT2D eigenvalue weighted by Gasteiger charge is -2.27. The Kier molecular flexibility index (Phi) is 9.59. The SMILES string of the molecule is CCOP(=O)(OCC)C(NCCc1cc(OC)c(OC)c(OC)c1)c1ccccn1. The second-order valence-electron chi connectivity index (χ2n) is 6.27. The van der Waals surface area contributed by atoms with Crippen molar-refractivity contribution in [3.05, 3.63) is 47.8 Å². The van der Waals surface area contributed by atoms with Crippen molar-refractivity contribution < 1.29 is 27.8 Å². The van der Waals surface area contributed by atoms with Gasteiger partial charge < -0.3 is 23.3 Å². The van der Waals surface area contributed by atoms with Gasteiger partial charge in [-0.3, -0.25) is 14.9 Å². The molecule has 0 fully saturated rings. The lowest BCUT2D eigenvalue weighted by Crippen LogP contribution is -2.26. The first-order valence-electron chi connectivity index (χ1n) is 9.84. The number of hydrogen-bond acceptors (Lipinski definition) is 8. The van der Waals surface area contributed by atoms with Crippen LogP contribution in [0.15, 0.2) is 36.5 Å². The highest BCUT2D eigenvalue weighted by Gasteiger charge is 2.37. The molecule has 0 aliphatic rings. The molecule has 2 aromatic rings. The summed E-state index contributed by atoms with van der Waals surface area (Å²) >= 11 is 0. The van der Waals surface area contributed by atoms with E-state index in [1.165, 1.54) is 0 Å². The van der Waals surface area contributed by atoms with E-state index in [0.29, 0.717) is 35.9 Å². The molecule has 1 aromatic carbocycles. The first kappa shape index (κ1) is 24.2. The molecule has 1 N–H and O–H groups in total. The molecule has 8 nitrogen and oxygen atoms in total. The van der Waals surface area contributed by atoms with E-state index in [4.69, 9.17) is 23.3 Å². The molecule has 30 heavy (non-hydrogen) atoms. The molecule has 0 saturated heterocycles. The molecular formula is C21H31N2O6P. The summed E-state index contributed by atoms with van der Waals surface area (Å²) in [5.41, 5.74) is 1.58. The van der Waals surface area contributed by atoms with Crippen LogP contribution in [0, 0.1) is 0 Å². The van der Waals surface area contributed by atoms with Crippen LogP contribution in [0.2, 0.25) is 0 Å². The highest BCUT2D eigenvalue weighted by Crippen LogP contribution is 2.59. The lowest BCUT2D eigenvalue weighted by atomic mass is 10.1. The molecule has 1 aromatic heterocycles. The number of methoxy groups -OCH3 is 3. The van der Waals surface area contributed by atoms with E-state index in [2.05, 4.69) is 10.3 Å². The summed E-state index contributed by atoms with van der Waals surface area (Å²) < 4.78 is 40.8. The summed E-state index contributed by atoms with van der Waals surface area (Å²) in [5, 5.41) is 3.31. The standard InChI is InChI=1S/C21H31N2O6P/c1-6-28-30(24,29-7-2)21(17-10-8-9-12-22-17)23-13-11-16-14-18(25-3)20(27-5)19(15-16)26-4/h8-10,12,14-15,21,23H,6-7,11,13H2,1-5H3. The van der Waals surface area contributed by atoms with Crippen LogP contribution in [0.5, 0.6) is 17.2 Å². The first-order chi connectivity index (χ1) is 14.5. The minimum absolute atomic E-state index is 0.273. The highest BCUT2D eigenvalue weighted by atomic mass is 31.2. The van der Waals surface area contributed by atoms with Crippen LogP contribution in [0.1, 0.15) is 30.9 Å². The van der Waals surface area contributed by atoms with E-state index < -0.39 is 13.4 Å². The van der Waals surface area contributed by atoms with Gasteiger partial charge in [0, 0.05) is 12.7 Å². The zero-order valence-electron chi connectivity index (χ0n) is 18.2. The molecule has 1 heterocycles. The maximum Gasteiger partial charge on any atom is 0.353 e. The first-order valence-corrected chi connectivity index (χ1v) is 11.5. The van der Waals surface area contributed by atoms with E-state index in [-0.39, 0.29) is 13.2 Å². The van der Waals surface area contributed by atoms with E-state index in [9.17, 15) is 4.57 Å². The fourth-order valence-electron chi connectivity index (χ4n) is 3.10. The maximum atomic E-state index is 13.4. The number of nitrogens with one attached hydrogen (secondary N) is 1. The second-order valence-corrected chi connectivity index (χ2v) is 8.38. The van der Waals surface area contributed by atoms with Gasteiger partial charge in [-0.1, -0.05) is 6.07 Å².